The summed E-state index contributed by atoms with van der Waals surface area (Å²) < 4.78 is 0. The summed E-state index contributed by atoms with van der Waals surface area (Å²) in [6.07, 6.45) is 6.65. The van der Waals surface area contributed by atoms with Gasteiger partial charge in [-0.15, -0.1) is 0 Å². The molecule has 118 valence electrons. The van der Waals surface area contributed by atoms with Crippen molar-refractivity contribution in [2.75, 3.05) is 19.6 Å². The van der Waals surface area contributed by atoms with Crippen LogP contribution in [0.2, 0.25) is 5.02 Å². The van der Waals surface area contributed by atoms with Crippen molar-refractivity contribution >= 4 is 11.6 Å². The van der Waals surface area contributed by atoms with E-state index in [1.807, 2.05) is 6.92 Å². The van der Waals surface area contributed by atoms with Gasteiger partial charge in [-0.3, -0.25) is 4.90 Å². The van der Waals surface area contributed by atoms with Crippen molar-refractivity contribution in [3.63, 3.8) is 0 Å². The molecule has 0 aromatic heterocycles. The van der Waals surface area contributed by atoms with Gasteiger partial charge >= 0.3 is 0 Å². The van der Waals surface area contributed by atoms with E-state index in [0.29, 0.717) is 12.6 Å². The molecule has 1 aromatic rings. The van der Waals surface area contributed by atoms with E-state index in [0.717, 1.165) is 29.6 Å². The third-order valence-corrected chi connectivity index (χ3v) is 5.23. The van der Waals surface area contributed by atoms with Crippen molar-refractivity contribution in [1.29, 1.82) is 0 Å². The van der Waals surface area contributed by atoms with Crippen LogP contribution in [0.1, 0.15) is 56.2 Å². The molecule has 1 aliphatic rings. The van der Waals surface area contributed by atoms with Crippen LogP contribution in [0.15, 0.2) is 18.2 Å². The fourth-order valence-electron chi connectivity index (χ4n) is 3.51. The van der Waals surface area contributed by atoms with Gasteiger partial charge in [-0.2, -0.15) is 0 Å². The van der Waals surface area contributed by atoms with Gasteiger partial charge in [0, 0.05) is 17.6 Å². The Kier molecular flexibility index (Phi) is 6.53. The van der Waals surface area contributed by atoms with Gasteiger partial charge in [-0.05, 0) is 62.4 Å². The summed E-state index contributed by atoms with van der Waals surface area (Å²) in [6.45, 7) is 7.33. The molecule has 0 radical (unpaired) electrons. The molecule has 1 aromatic carbocycles. The molecule has 0 spiro atoms. The Balaban J connectivity index is 2.08. The van der Waals surface area contributed by atoms with Gasteiger partial charge in [0.2, 0.25) is 0 Å². The van der Waals surface area contributed by atoms with E-state index < -0.39 is 0 Å². The van der Waals surface area contributed by atoms with E-state index in [9.17, 15) is 0 Å². The Morgan fingerprint density at radius 3 is 2.81 bits per heavy atom. The van der Waals surface area contributed by atoms with Gasteiger partial charge in [-0.25, -0.2) is 0 Å². The molecule has 2 rings (SSSR count). The Morgan fingerprint density at radius 1 is 1.33 bits per heavy atom. The van der Waals surface area contributed by atoms with Crippen LogP contribution in [0.3, 0.4) is 0 Å². The maximum absolute atomic E-state index is 6.29. The van der Waals surface area contributed by atoms with Gasteiger partial charge in [0.05, 0.1) is 0 Å². The van der Waals surface area contributed by atoms with E-state index in [-0.39, 0.29) is 0 Å². The van der Waals surface area contributed by atoms with Crippen LogP contribution in [0.4, 0.5) is 0 Å². The third-order valence-electron chi connectivity index (χ3n) is 4.82. The molecule has 0 saturated carbocycles. The van der Waals surface area contributed by atoms with E-state index >= 15 is 0 Å². The minimum Gasteiger partial charge on any atom is -0.329 e. The average Bonchev–Trinajstić information content (AvgIpc) is 2.70. The lowest BCUT2D eigenvalue weighted by Crippen LogP contribution is -2.34. The number of rotatable bonds is 5. The van der Waals surface area contributed by atoms with E-state index in [1.165, 1.54) is 37.7 Å². The number of nitrogens with zero attached hydrogens (tertiary/aromatic N) is 1. The molecule has 0 bridgehead atoms. The minimum atomic E-state index is 0.309. The summed E-state index contributed by atoms with van der Waals surface area (Å²) in [5.74, 6) is 0.903. The fourth-order valence-corrected chi connectivity index (χ4v) is 3.70. The Bertz CT molecular complexity index is 447. The van der Waals surface area contributed by atoms with Crippen LogP contribution in [-0.2, 0) is 0 Å². The van der Waals surface area contributed by atoms with Gasteiger partial charge in [0.1, 0.15) is 0 Å². The molecule has 1 aliphatic heterocycles. The highest BCUT2D eigenvalue weighted by molar-refractivity contribution is 6.31. The molecule has 21 heavy (non-hydrogen) atoms. The monoisotopic (exact) mass is 308 g/mol. The molecule has 1 saturated heterocycles. The maximum atomic E-state index is 6.29. The summed E-state index contributed by atoms with van der Waals surface area (Å²) in [7, 11) is 0. The molecule has 3 heteroatoms. The van der Waals surface area contributed by atoms with Crippen molar-refractivity contribution in [3.8, 4) is 0 Å². The first kappa shape index (κ1) is 16.8. The number of aryl methyl sites for hydroxylation is 1. The van der Waals surface area contributed by atoms with Crippen molar-refractivity contribution in [2.45, 2.75) is 52.0 Å². The van der Waals surface area contributed by atoms with Crippen molar-refractivity contribution in [2.24, 2.45) is 11.7 Å². The zero-order valence-corrected chi connectivity index (χ0v) is 14.2. The molecular weight excluding hydrogens is 280 g/mol. The molecule has 2 N–H and O–H groups in total. The summed E-state index contributed by atoms with van der Waals surface area (Å²) in [5.41, 5.74) is 8.48. The highest BCUT2D eigenvalue weighted by Gasteiger charge is 2.23. The molecule has 0 amide bonds. The minimum absolute atomic E-state index is 0.309. The van der Waals surface area contributed by atoms with Gasteiger partial charge < -0.3 is 5.73 Å². The summed E-state index contributed by atoms with van der Waals surface area (Å²) >= 11 is 6.29. The van der Waals surface area contributed by atoms with Crippen LogP contribution in [0, 0.1) is 12.8 Å². The van der Waals surface area contributed by atoms with Crippen molar-refractivity contribution < 1.29 is 0 Å². The summed E-state index contributed by atoms with van der Waals surface area (Å²) in [5, 5.41) is 0.852. The predicted molar refractivity (Wildman–Crippen MR) is 91.8 cm³/mol. The smallest absolute Gasteiger partial charge is 0.0470 e. The first-order chi connectivity index (χ1) is 10.2. The quantitative estimate of drug-likeness (QED) is 0.864. The number of benzene rings is 1. The van der Waals surface area contributed by atoms with Crippen LogP contribution < -0.4 is 5.73 Å². The first-order valence-electron chi connectivity index (χ1n) is 8.35. The second-order valence-electron chi connectivity index (χ2n) is 6.38. The van der Waals surface area contributed by atoms with Crippen molar-refractivity contribution in [1.82, 2.24) is 4.90 Å². The fraction of sp³-hybridized carbons (Fsp3) is 0.667. The first-order valence-corrected chi connectivity index (χ1v) is 8.73. The molecule has 2 atom stereocenters. The normalized spacial score (nSPS) is 22.0. The highest BCUT2D eigenvalue weighted by Crippen LogP contribution is 2.29. The lowest BCUT2D eigenvalue weighted by Gasteiger charge is -2.30. The van der Waals surface area contributed by atoms with Crippen LogP contribution in [-0.4, -0.2) is 24.5 Å². The molecule has 2 unspecified atom stereocenters. The molecular formula is C18H29ClN2. The predicted octanol–water partition coefficient (Wildman–Crippen LogP) is 4.55. The summed E-state index contributed by atoms with van der Waals surface area (Å²) in [6, 6.07) is 6.71. The topological polar surface area (TPSA) is 29.3 Å². The van der Waals surface area contributed by atoms with Crippen molar-refractivity contribution in [3.05, 3.63) is 34.3 Å². The van der Waals surface area contributed by atoms with Gasteiger partial charge in [0.15, 0.2) is 0 Å². The molecule has 2 nitrogen and oxygen atoms in total. The lowest BCUT2D eigenvalue weighted by atomic mass is 9.96. The second-order valence-corrected chi connectivity index (χ2v) is 6.79. The molecule has 1 heterocycles. The number of nitrogens with two attached hydrogens (primary N) is 1. The Morgan fingerprint density at radius 2 is 2.14 bits per heavy atom. The van der Waals surface area contributed by atoms with E-state index in [2.05, 4.69) is 30.0 Å². The number of hydrogen-bond donors (Lipinski definition) is 1. The largest absolute Gasteiger partial charge is 0.329 e. The van der Waals surface area contributed by atoms with Crippen LogP contribution >= 0.6 is 11.6 Å². The standard InChI is InChI=1S/C18H29ClN2/c1-3-5-15-6-4-10-21(11-9-15)18(13-20)16-8-7-14(2)17(19)12-16/h7-8,12,15,18H,3-6,9-11,13,20H2,1-2H3. The number of hydrogen-bond acceptors (Lipinski definition) is 2. The van der Waals surface area contributed by atoms with E-state index in [4.69, 9.17) is 17.3 Å². The van der Waals surface area contributed by atoms with E-state index in [1.54, 1.807) is 0 Å². The van der Waals surface area contributed by atoms with Crippen LogP contribution in [0.5, 0.6) is 0 Å². The average molecular weight is 309 g/mol. The highest BCUT2D eigenvalue weighted by atomic mass is 35.5. The molecule has 0 aliphatic carbocycles. The van der Waals surface area contributed by atoms with Gasteiger partial charge in [0.25, 0.3) is 0 Å². The zero-order chi connectivity index (χ0) is 15.2. The van der Waals surface area contributed by atoms with Gasteiger partial charge in [-0.1, -0.05) is 43.5 Å². The lowest BCUT2D eigenvalue weighted by molar-refractivity contribution is 0.206. The third kappa shape index (κ3) is 4.45. The van der Waals surface area contributed by atoms with Crippen LogP contribution in [0.25, 0.3) is 0 Å². The number of halogens is 1. The maximum Gasteiger partial charge on any atom is 0.0470 e. The second kappa shape index (κ2) is 8.17. The Hall–Kier alpha value is -0.570. The number of likely N-dealkylation sites (tertiary alicyclic amines) is 1. The zero-order valence-electron chi connectivity index (χ0n) is 13.4. The SMILES string of the molecule is CCCC1CCCN(C(CN)c2ccc(C)c(Cl)c2)CC1. The molecule has 1 fully saturated rings. The Labute approximate surface area is 134 Å². The summed E-state index contributed by atoms with van der Waals surface area (Å²) in [4.78, 5) is 2.57.